The second kappa shape index (κ2) is 8.04. The van der Waals surface area contributed by atoms with E-state index >= 15 is 0 Å². The number of carbonyl (C=O) groups is 3. The van der Waals surface area contributed by atoms with Crippen molar-refractivity contribution in [2.45, 2.75) is 40.0 Å². The normalized spacial score (nSPS) is 25.0. The maximum atomic E-state index is 12.8. The first-order chi connectivity index (χ1) is 10.8. The third kappa shape index (κ3) is 4.27. The van der Waals surface area contributed by atoms with Gasteiger partial charge in [-0.3, -0.25) is 14.4 Å². The molecule has 128 valence electrons. The summed E-state index contributed by atoms with van der Waals surface area (Å²) in [6.45, 7) is 9.15. The van der Waals surface area contributed by atoms with Gasteiger partial charge in [0.2, 0.25) is 0 Å². The summed E-state index contributed by atoms with van der Waals surface area (Å²) in [4.78, 5) is 42.4. The molecule has 0 bridgehead atoms. The fourth-order valence-corrected chi connectivity index (χ4v) is 2.93. The molecule has 0 aromatic rings. The number of esters is 1. The molecule has 1 rings (SSSR count). The van der Waals surface area contributed by atoms with Crippen molar-refractivity contribution in [3.63, 3.8) is 0 Å². The summed E-state index contributed by atoms with van der Waals surface area (Å²) >= 11 is 0. The summed E-state index contributed by atoms with van der Waals surface area (Å²) in [5.41, 5.74) is -0.316. The number of nitrogens with zero attached hydrogens (tertiary/aromatic N) is 1. The molecule has 6 nitrogen and oxygen atoms in total. The molecule has 0 heterocycles. The Balaban J connectivity index is 3.23. The summed E-state index contributed by atoms with van der Waals surface area (Å²) in [7, 11) is 1.24. The van der Waals surface area contributed by atoms with Gasteiger partial charge in [0, 0.05) is 6.42 Å². The number of Topliss-reactive ketones (excluding diaryl/α,β-unsaturated/α-hetero) is 2. The van der Waals surface area contributed by atoms with Gasteiger partial charge < -0.3 is 9.57 Å². The average Bonchev–Trinajstić information content (AvgIpc) is 2.46. The van der Waals surface area contributed by atoms with Gasteiger partial charge in [-0.1, -0.05) is 38.6 Å². The molecule has 0 unspecified atom stereocenters. The van der Waals surface area contributed by atoms with Crippen LogP contribution in [0.15, 0.2) is 17.8 Å². The minimum absolute atomic E-state index is 0.188. The Morgan fingerprint density at radius 2 is 2.09 bits per heavy atom. The van der Waals surface area contributed by atoms with E-state index in [2.05, 4.69) is 11.7 Å². The van der Waals surface area contributed by atoms with Gasteiger partial charge in [0.15, 0.2) is 5.78 Å². The minimum atomic E-state index is -1.03. The van der Waals surface area contributed by atoms with E-state index in [9.17, 15) is 14.4 Å². The Hall–Kier alpha value is -1.98. The van der Waals surface area contributed by atoms with Gasteiger partial charge in [0.25, 0.3) is 0 Å². The van der Waals surface area contributed by atoms with Crippen LogP contribution in [-0.2, 0) is 24.0 Å². The molecule has 1 aliphatic carbocycles. The van der Waals surface area contributed by atoms with Crippen molar-refractivity contribution in [3.8, 4) is 0 Å². The number of hydrogen-bond acceptors (Lipinski definition) is 6. The standard InChI is InChI=1S/C17H25NO5/c1-6-8-12(19)13-11(18-23-9-7-2)10-17(3,4)14(15(13)20)16(21)22-5/h7,13-14H,2,6,8-10H2,1,3-5H3/b18-11-/t13-,14-/m0/s1. The zero-order chi connectivity index (χ0) is 17.6. The number of rotatable bonds is 7. The minimum Gasteiger partial charge on any atom is -0.468 e. The highest BCUT2D eigenvalue weighted by Crippen LogP contribution is 2.41. The molecule has 0 N–H and O–H groups in total. The average molecular weight is 323 g/mol. The molecule has 0 radical (unpaired) electrons. The number of hydrogen-bond donors (Lipinski definition) is 0. The molecule has 0 spiro atoms. The van der Waals surface area contributed by atoms with E-state index in [1.165, 1.54) is 13.2 Å². The summed E-state index contributed by atoms with van der Waals surface area (Å²) in [6, 6.07) is 0. The van der Waals surface area contributed by atoms with Crippen LogP contribution in [0.1, 0.15) is 40.0 Å². The van der Waals surface area contributed by atoms with Crippen LogP contribution in [0.25, 0.3) is 0 Å². The molecule has 0 aromatic carbocycles. The number of ether oxygens (including phenoxy) is 1. The van der Waals surface area contributed by atoms with E-state index in [0.717, 1.165) is 0 Å². The first-order valence-corrected chi connectivity index (χ1v) is 7.74. The van der Waals surface area contributed by atoms with Gasteiger partial charge in [0.05, 0.1) is 12.8 Å². The lowest BCUT2D eigenvalue weighted by molar-refractivity contribution is -0.156. The van der Waals surface area contributed by atoms with Crippen LogP contribution in [0, 0.1) is 17.3 Å². The Kier molecular flexibility index (Phi) is 6.66. The largest absolute Gasteiger partial charge is 0.468 e. The molecule has 6 heteroatoms. The highest BCUT2D eigenvalue weighted by Gasteiger charge is 2.52. The third-order valence-electron chi connectivity index (χ3n) is 3.95. The molecule has 1 saturated carbocycles. The maximum absolute atomic E-state index is 12.8. The second-order valence-electron chi connectivity index (χ2n) is 6.34. The predicted molar refractivity (Wildman–Crippen MR) is 85.9 cm³/mol. The molecule has 0 amide bonds. The summed E-state index contributed by atoms with van der Waals surface area (Å²) in [6.07, 6.45) is 2.72. The molecule has 23 heavy (non-hydrogen) atoms. The smallest absolute Gasteiger partial charge is 0.316 e. The van der Waals surface area contributed by atoms with Gasteiger partial charge in [-0.25, -0.2) is 0 Å². The lowest BCUT2D eigenvalue weighted by Crippen LogP contribution is -2.52. The van der Waals surface area contributed by atoms with E-state index in [4.69, 9.17) is 9.57 Å². The van der Waals surface area contributed by atoms with Gasteiger partial charge in [-0.15, -0.1) is 0 Å². The number of carbonyl (C=O) groups excluding carboxylic acids is 3. The molecule has 1 fully saturated rings. The predicted octanol–water partition coefficient (Wildman–Crippen LogP) is 2.32. The van der Waals surface area contributed by atoms with Crippen molar-refractivity contribution < 1.29 is 24.0 Å². The summed E-state index contributed by atoms with van der Waals surface area (Å²) in [5.74, 6) is -3.30. The lowest BCUT2D eigenvalue weighted by Gasteiger charge is -2.39. The third-order valence-corrected chi connectivity index (χ3v) is 3.95. The molecular weight excluding hydrogens is 298 g/mol. The lowest BCUT2D eigenvalue weighted by atomic mass is 9.62. The van der Waals surface area contributed by atoms with E-state index < -0.39 is 29.0 Å². The van der Waals surface area contributed by atoms with E-state index in [-0.39, 0.29) is 18.8 Å². The van der Waals surface area contributed by atoms with Crippen molar-refractivity contribution in [2.75, 3.05) is 13.7 Å². The zero-order valence-electron chi connectivity index (χ0n) is 14.3. The van der Waals surface area contributed by atoms with Gasteiger partial charge in [-0.2, -0.15) is 0 Å². The van der Waals surface area contributed by atoms with E-state index in [1.54, 1.807) is 13.8 Å². The van der Waals surface area contributed by atoms with Crippen molar-refractivity contribution >= 4 is 23.2 Å². The second-order valence-corrected chi connectivity index (χ2v) is 6.34. The van der Waals surface area contributed by atoms with Crippen molar-refractivity contribution in [1.29, 1.82) is 0 Å². The summed E-state index contributed by atoms with van der Waals surface area (Å²) < 4.78 is 4.76. The Labute approximate surface area is 136 Å². The first kappa shape index (κ1) is 19.1. The van der Waals surface area contributed by atoms with Crippen molar-refractivity contribution in [2.24, 2.45) is 22.4 Å². The molecule has 0 aromatic heterocycles. The molecule has 0 saturated heterocycles. The molecule has 1 aliphatic rings. The van der Waals surface area contributed by atoms with Crippen LogP contribution in [0.2, 0.25) is 0 Å². The monoisotopic (exact) mass is 323 g/mol. The molecule has 2 atom stereocenters. The fourth-order valence-electron chi connectivity index (χ4n) is 2.93. The van der Waals surface area contributed by atoms with Gasteiger partial charge >= 0.3 is 5.97 Å². The topological polar surface area (TPSA) is 82.0 Å². The van der Waals surface area contributed by atoms with Crippen LogP contribution in [0.5, 0.6) is 0 Å². The van der Waals surface area contributed by atoms with Crippen LogP contribution in [-0.4, -0.2) is 37.0 Å². The number of methoxy groups -OCH3 is 1. The van der Waals surface area contributed by atoms with Crippen LogP contribution < -0.4 is 0 Å². The number of oxime groups is 1. The quantitative estimate of drug-likeness (QED) is 0.236. The zero-order valence-corrected chi connectivity index (χ0v) is 14.3. The van der Waals surface area contributed by atoms with Crippen LogP contribution in [0.3, 0.4) is 0 Å². The van der Waals surface area contributed by atoms with Gasteiger partial charge in [-0.05, 0) is 18.3 Å². The van der Waals surface area contributed by atoms with Gasteiger partial charge in [0.1, 0.15) is 24.2 Å². The molecular formula is C17H25NO5. The van der Waals surface area contributed by atoms with Crippen LogP contribution >= 0.6 is 0 Å². The Bertz CT molecular complexity index is 521. The Morgan fingerprint density at radius 3 is 2.61 bits per heavy atom. The SMILES string of the molecule is C=CCO/N=C1/CC(C)(C)[C@H](C(=O)OC)C(=O)[C@@H]1C(=O)CCC. The maximum Gasteiger partial charge on any atom is 0.316 e. The highest BCUT2D eigenvalue weighted by atomic mass is 16.6. The molecule has 0 aliphatic heterocycles. The van der Waals surface area contributed by atoms with Crippen LogP contribution in [0.4, 0.5) is 0 Å². The number of ketones is 2. The van der Waals surface area contributed by atoms with E-state index in [1.807, 2.05) is 6.92 Å². The summed E-state index contributed by atoms with van der Waals surface area (Å²) in [5, 5.41) is 3.97. The fraction of sp³-hybridized carbons (Fsp3) is 0.647. The Morgan fingerprint density at radius 1 is 1.43 bits per heavy atom. The van der Waals surface area contributed by atoms with E-state index in [0.29, 0.717) is 18.6 Å². The van der Waals surface area contributed by atoms with Crippen molar-refractivity contribution in [1.82, 2.24) is 0 Å². The first-order valence-electron chi connectivity index (χ1n) is 7.74. The highest BCUT2D eigenvalue weighted by molar-refractivity contribution is 6.26. The van der Waals surface area contributed by atoms with Crippen molar-refractivity contribution in [3.05, 3.63) is 12.7 Å².